The second-order valence-corrected chi connectivity index (χ2v) is 3.65. The van der Waals surface area contributed by atoms with E-state index in [1.165, 1.54) is 0 Å². The molecule has 0 aliphatic rings. The maximum Gasteiger partial charge on any atom is 0.0860 e. The minimum Gasteiger partial charge on any atom is -0.390 e. The number of hydrogen-bond donors (Lipinski definition) is 2. The second kappa shape index (κ2) is 5.34. The number of nitrogens with zero attached hydrogens (tertiary/aromatic N) is 2. The Morgan fingerprint density at radius 3 is 2.93 bits per heavy atom. The standard InChI is InChI=1S/C9H16ClN3O/c1-3-11-4-8(14)5-13-6-9(10)7(2)12-13/h6,8,11,14H,3-5H2,1-2H3. The van der Waals surface area contributed by atoms with Crippen molar-refractivity contribution in [3.8, 4) is 0 Å². The van der Waals surface area contributed by atoms with E-state index in [1.54, 1.807) is 10.9 Å². The van der Waals surface area contributed by atoms with Crippen LogP contribution in [-0.2, 0) is 6.54 Å². The van der Waals surface area contributed by atoms with E-state index in [2.05, 4.69) is 10.4 Å². The first-order valence-electron chi connectivity index (χ1n) is 4.71. The summed E-state index contributed by atoms with van der Waals surface area (Å²) in [6, 6.07) is 0. The SMILES string of the molecule is CCNCC(O)Cn1cc(Cl)c(C)n1. The predicted octanol–water partition coefficient (Wildman–Crippen LogP) is 0.815. The summed E-state index contributed by atoms with van der Waals surface area (Å²) in [5.74, 6) is 0. The van der Waals surface area contributed by atoms with Gasteiger partial charge >= 0.3 is 0 Å². The molecule has 2 N–H and O–H groups in total. The van der Waals surface area contributed by atoms with Crippen LogP contribution in [0, 0.1) is 6.92 Å². The molecule has 0 spiro atoms. The van der Waals surface area contributed by atoms with Gasteiger partial charge in [0.05, 0.1) is 23.4 Å². The van der Waals surface area contributed by atoms with Crippen LogP contribution in [0.5, 0.6) is 0 Å². The lowest BCUT2D eigenvalue weighted by molar-refractivity contribution is 0.147. The fourth-order valence-electron chi connectivity index (χ4n) is 1.18. The molecule has 0 aromatic carbocycles. The highest BCUT2D eigenvalue weighted by atomic mass is 35.5. The van der Waals surface area contributed by atoms with Gasteiger partial charge in [0.2, 0.25) is 0 Å². The Bertz CT molecular complexity index is 268. The summed E-state index contributed by atoms with van der Waals surface area (Å²) in [4.78, 5) is 0. The molecule has 0 fully saturated rings. The third-order valence-corrected chi connectivity index (χ3v) is 2.29. The molecule has 1 heterocycles. The molecule has 1 aromatic rings. The third kappa shape index (κ3) is 3.29. The van der Waals surface area contributed by atoms with Crippen molar-refractivity contribution < 1.29 is 5.11 Å². The van der Waals surface area contributed by atoms with Gasteiger partial charge in [-0.15, -0.1) is 0 Å². The average Bonchev–Trinajstić information content (AvgIpc) is 2.42. The molecule has 0 bridgehead atoms. The molecular formula is C9H16ClN3O. The molecule has 1 aromatic heterocycles. The van der Waals surface area contributed by atoms with E-state index >= 15 is 0 Å². The van der Waals surface area contributed by atoms with Crippen LogP contribution in [0.2, 0.25) is 5.02 Å². The Kier molecular flexibility index (Phi) is 4.38. The van der Waals surface area contributed by atoms with E-state index in [4.69, 9.17) is 11.6 Å². The van der Waals surface area contributed by atoms with E-state index in [0.29, 0.717) is 18.1 Å². The van der Waals surface area contributed by atoms with Gasteiger partial charge in [0.1, 0.15) is 0 Å². The number of aliphatic hydroxyl groups is 1. The van der Waals surface area contributed by atoms with Gasteiger partial charge in [0, 0.05) is 12.7 Å². The number of hydrogen-bond acceptors (Lipinski definition) is 3. The number of likely N-dealkylation sites (N-methyl/N-ethyl adjacent to an activating group) is 1. The summed E-state index contributed by atoms with van der Waals surface area (Å²) in [6.45, 7) is 5.75. The fourth-order valence-corrected chi connectivity index (χ4v) is 1.33. The van der Waals surface area contributed by atoms with Crippen molar-refractivity contribution in [2.75, 3.05) is 13.1 Å². The summed E-state index contributed by atoms with van der Waals surface area (Å²) < 4.78 is 1.67. The molecule has 80 valence electrons. The molecule has 14 heavy (non-hydrogen) atoms. The van der Waals surface area contributed by atoms with E-state index in [1.807, 2.05) is 13.8 Å². The lowest BCUT2D eigenvalue weighted by Crippen LogP contribution is -2.30. The number of nitrogens with one attached hydrogen (secondary N) is 1. The highest BCUT2D eigenvalue weighted by Crippen LogP contribution is 2.11. The largest absolute Gasteiger partial charge is 0.390 e. The topological polar surface area (TPSA) is 50.1 Å². The number of aromatic nitrogens is 2. The fraction of sp³-hybridized carbons (Fsp3) is 0.667. The van der Waals surface area contributed by atoms with Crippen LogP contribution in [0.15, 0.2) is 6.20 Å². The smallest absolute Gasteiger partial charge is 0.0860 e. The van der Waals surface area contributed by atoms with Crippen molar-refractivity contribution >= 4 is 11.6 Å². The van der Waals surface area contributed by atoms with Gasteiger partial charge < -0.3 is 10.4 Å². The molecule has 5 heteroatoms. The normalized spacial score (nSPS) is 13.1. The van der Waals surface area contributed by atoms with Gasteiger partial charge in [-0.2, -0.15) is 5.10 Å². The first kappa shape index (κ1) is 11.5. The van der Waals surface area contributed by atoms with Crippen molar-refractivity contribution in [2.45, 2.75) is 26.5 Å². The monoisotopic (exact) mass is 217 g/mol. The van der Waals surface area contributed by atoms with Crippen LogP contribution in [0.4, 0.5) is 0 Å². The molecule has 1 atom stereocenters. The van der Waals surface area contributed by atoms with Gasteiger partial charge in [0.25, 0.3) is 0 Å². The summed E-state index contributed by atoms with van der Waals surface area (Å²) in [5, 5.41) is 17.4. The molecule has 1 unspecified atom stereocenters. The van der Waals surface area contributed by atoms with Crippen LogP contribution >= 0.6 is 11.6 Å². The van der Waals surface area contributed by atoms with Gasteiger partial charge in [-0.1, -0.05) is 18.5 Å². The Balaban J connectivity index is 2.43. The van der Waals surface area contributed by atoms with E-state index < -0.39 is 6.10 Å². The number of halogens is 1. The van der Waals surface area contributed by atoms with Gasteiger partial charge in [-0.3, -0.25) is 4.68 Å². The summed E-state index contributed by atoms with van der Waals surface area (Å²) in [5.41, 5.74) is 0.794. The van der Waals surface area contributed by atoms with E-state index in [9.17, 15) is 5.11 Å². The Hall–Kier alpha value is -0.580. The van der Waals surface area contributed by atoms with Gasteiger partial charge in [0.15, 0.2) is 0 Å². The lowest BCUT2D eigenvalue weighted by atomic mass is 10.3. The molecular weight excluding hydrogens is 202 g/mol. The van der Waals surface area contributed by atoms with Crippen LogP contribution in [0.3, 0.4) is 0 Å². The summed E-state index contributed by atoms with van der Waals surface area (Å²) >= 11 is 5.84. The minimum atomic E-state index is -0.426. The molecule has 0 amide bonds. The van der Waals surface area contributed by atoms with Crippen LogP contribution in [0.1, 0.15) is 12.6 Å². The Morgan fingerprint density at radius 1 is 1.71 bits per heavy atom. The average molecular weight is 218 g/mol. The van der Waals surface area contributed by atoms with Crippen molar-refractivity contribution in [1.82, 2.24) is 15.1 Å². The summed E-state index contributed by atoms with van der Waals surface area (Å²) in [6.07, 6.45) is 1.30. The zero-order valence-corrected chi connectivity index (χ0v) is 9.25. The molecule has 0 saturated carbocycles. The maximum atomic E-state index is 9.57. The molecule has 1 rings (SSSR count). The van der Waals surface area contributed by atoms with Crippen molar-refractivity contribution in [3.63, 3.8) is 0 Å². The van der Waals surface area contributed by atoms with Crippen molar-refractivity contribution in [2.24, 2.45) is 0 Å². The molecule has 0 aliphatic heterocycles. The first-order valence-corrected chi connectivity index (χ1v) is 5.09. The summed E-state index contributed by atoms with van der Waals surface area (Å²) in [7, 11) is 0. The molecule has 0 radical (unpaired) electrons. The minimum absolute atomic E-state index is 0.426. The number of rotatable bonds is 5. The van der Waals surface area contributed by atoms with E-state index in [0.717, 1.165) is 12.2 Å². The Morgan fingerprint density at radius 2 is 2.43 bits per heavy atom. The van der Waals surface area contributed by atoms with Crippen LogP contribution < -0.4 is 5.32 Å². The number of aryl methyl sites for hydroxylation is 1. The highest BCUT2D eigenvalue weighted by Gasteiger charge is 2.07. The van der Waals surface area contributed by atoms with Crippen molar-refractivity contribution in [1.29, 1.82) is 0 Å². The van der Waals surface area contributed by atoms with Crippen molar-refractivity contribution in [3.05, 3.63) is 16.9 Å². The third-order valence-electron chi connectivity index (χ3n) is 1.91. The quantitative estimate of drug-likeness (QED) is 0.768. The Labute approximate surface area is 88.9 Å². The van der Waals surface area contributed by atoms with Gasteiger partial charge in [-0.05, 0) is 13.5 Å². The molecule has 4 nitrogen and oxygen atoms in total. The van der Waals surface area contributed by atoms with Crippen LogP contribution in [-0.4, -0.2) is 34.1 Å². The van der Waals surface area contributed by atoms with E-state index in [-0.39, 0.29) is 0 Å². The number of aliphatic hydroxyl groups excluding tert-OH is 1. The zero-order chi connectivity index (χ0) is 10.6. The second-order valence-electron chi connectivity index (χ2n) is 3.25. The molecule has 0 aliphatic carbocycles. The first-order chi connectivity index (χ1) is 6.63. The lowest BCUT2D eigenvalue weighted by Gasteiger charge is -2.10. The highest BCUT2D eigenvalue weighted by molar-refractivity contribution is 6.31. The predicted molar refractivity (Wildman–Crippen MR) is 56.5 cm³/mol. The van der Waals surface area contributed by atoms with Gasteiger partial charge in [-0.25, -0.2) is 0 Å². The van der Waals surface area contributed by atoms with Crippen LogP contribution in [0.25, 0.3) is 0 Å². The maximum absolute atomic E-state index is 9.57. The zero-order valence-electron chi connectivity index (χ0n) is 8.50. The molecule has 0 saturated heterocycles.